The van der Waals surface area contributed by atoms with Crippen molar-refractivity contribution in [3.63, 3.8) is 0 Å². The molecular weight excluding hydrogens is 178 g/mol. The van der Waals surface area contributed by atoms with Crippen LogP contribution >= 0.6 is 0 Å². The maximum Gasteiger partial charge on any atom is 0.229 e. The lowest BCUT2D eigenvalue weighted by Gasteiger charge is -2.14. The summed E-state index contributed by atoms with van der Waals surface area (Å²) in [6, 6.07) is 0. The fourth-order valence-corrected chi connectivity index (χ4v) is 0.695. The number of carbonyl (C=O) groups is 2. The number of hydrogen-bond acceptors (Lipinski definition) is 5. The topological polar surface area (TPSA) is 107 Å². The lowest BCUT2D eigenvalue weighted by atomic mass is 10.1. The Morgan fingerprint density at radius 2 is 1.85 bits per heavy atom. The molecule has 0 heterocycles. The van der Waals surface area contributed by atoms with Crippen molar-refractivity contribution < 1.29 is 24.9 Å². The van der Waals surface area contributed by atoms with Gasteiger partial charge in [0.15, 0.2) is 0 Å². The second-order valence-corrected chi connectivity index (χ2v) is 2.63. The lowest BCUT2D eigenvalue weighted by molar-refractivity contribution is -0.131. The van der Waals surface area contributed by atoms with Crippen LogP contribution in [0.2, 0.25) is 0 Å². The summed E-state index contributed by atoms with van der Waals surface area (Å²) in [7, 11) is 0. The fraction of sp³-hybridized carbons (Fsp3) is 0.714. The van der Waals surface area contributed by atoms with Gasteiger partial charge in [-0.2, -0.15) is 0 Å². The van der Waals surface area contributed by atoms with Crippen LogP contribution < -0.4 is 5.32 Å². The summed E-state index contributed by atoms with van der Waals surface area (Å²) in [5, 5.41) is 28.2. The van der Waals surface area contributed by atoms with Crippen LogP contribution in [0.5, 0.6) is 0 Å². The zero-order valence-electron chi connectivity index (χ0n) is 7.23. The van der Waals surface area contributed by atoms with Crippen molar-refractivity contribution >= 4 is 11.8 Å². The molecule has 2 amide bonds. The number of imide groups is 1. The Balaban J connectivity index is 3.84. The highest BCUT2D eigenvalue weighted by molar-refractivity contribution is 5.94. The molecule has 0 spiro atoms. The predicted octanol–water partition coefficient (Wildman–Crippen LogP) is -2.25. The normalized spacial score (nSPS) is 14.8. The molecule has 0 aliphatic heterocycles. The smallest absolute Gasteiger partial charge is 0.229 e. The average Bonchev–Trinajstić information content (AvgIpc) is 2.01. The minimum atomic E-state index is -1.36. The minimum Gasteiger partial charge on any atom is -0.394 e. The Labute approximate surface area is 75.2 Å². The molecule has 0 fully saturated rings. The van der Waals surface area contributed by atoms with Gasteiger partial charge in [0, 0.05) is 6.92 Å². The molecule has 0 aliphatic carbocycles. The van der Waals surface area contributed by atoms with E-state index in [-0.39, 0.29) is 0 Å². The second kappa shape index (κ2) is 5.63. The zero-order valence-corrected chi connectivity index (χ0v) is 7.23. The van der Waals surface area contributed by atoms with Gasteiger partial charge in [0.2, 0.25) is 11.8 Å². The lowest BCUT2D eigenvalue weighted by Crippen LogP contribution is -2.37. The highest BCUT2D eigenvalue weighted by atomic mass is 16.4. The molecular formula is C7H13NO5. The van der Waals surface area contributed by atoms with Gasteiger partial charge in [-0.25, -0.2) is 0 Å². The minimum absolute atomic E-state index is 0.415. The number of aliphatic hydroxyl groups excluding tert-OH is 3. The van der Waals surface area contributed by atoms with E-state index >= 15 is 0 Å². The molecule has 2 atom stereocenters. The molecule has 6 heteroatoms. The molecule has 0 bridgehead atoms. The molecule has 4 N–H and O–H groups in total. The molecule has 13 heavy (non-hydrogen) atoms. The second-order valence-electron chi connectivity index (χ2n) is 2.63. The van der Waals surface area contributed by atoms with E-state index < -0.39 is 37.0 Å². The van der Waals surface area contributed by atoms with Crippen LogP contribution in [0.1, 0.15) is 13.3 Å². The van der Waals surface area contributed by atoms with Gasteiger partial charge in [0.25, 0.3) is 0 Å². The van der Waals surface area contributed by atoms with Crippen molar-refractivity contribution in [3.05, 3.63) is 0 Å². The van der Waals surface area contributed by atoms with Gasteiger partial charge < -0.3 is 15.3 Å². The van der Waals surface area contributed by atoms with Gasteiger partial charge in [0.05, 0.1) is 19.1 Å². The predicted molar refractivity (Wildman–Crippen MR) is 42.5 cm³/mol. The quantitative estimate of drug-likeness (QED) is 0.401. The summed E-state index contributed by atoms with van der Waals surface area (Å²) >= 11 is 0. The number of carbonyl (C=O) groups excluding carboxylic acids is 2. The largest absolute Gasteiger partial charge is 0.394 e. The molecule has 0 aromatic heterocycles. The van der Waals surface area contributed by atoms with Crippen LogP contribution in [-0.4, -0.2) is 45.9 Å². The van der Waals surface area contributed by atoms with Crippen molar-refractivity contribution in [2.45, 2.75) is 25.6 Å². The Hall–Kier alpha value is -0.980. The van der Waals surface area contributed by atoms with Crippen LogP contribution in [0.15, 0.2) is 0 Å². The number of nitrogens with one attached hydrogen (secondary N) is 1. The first-order valence-corrected chi connectivity index (χ1v) is 3.74. The maximum atomic E-state index is 10.8. The van der Waals surface area contributed by atoms with Crippen molar-refractivity contribution in [1.82, 2.24) is 5.32 Å². The zero-order chi connectivity index (χ0) is 10.4. The first kappa shape index (κ1) is 12.0. The SMILES string of the molecule is CC(=O)NC(=O)C[C@@H](O)[C@H](O)CO. The molecule has 0 rings (SSSR count). The first-order chi connectivity index (χ1) is 5.97. The van der Waals surface area contributed by atoms with Gasteiger partial charge in [-0.3, -0.25) is 14.9 Å². The molecule has 0 radical (unpaired) electrons. The van der Waals surface area contributed by atoms with E-state index in [0.29, 0.717) is 0 Å². The van der Waals surface area contributed by atoms with E-state index in [1.807, 2.05) is 5.32 Å². The summed E-state index contributed by atoms with van der Waals surface area (Å²) in [5.41, 5.74) is 0. The van der Waals surface area contributed by atoms with Gasteiger partial charge in [-0.05, 0) is 0 Å². The van der Waals surface area contributed by atoms with Crippen LogP contribution in [-0.2, 0) is 9.59 Å². The average molecular weight is 191 g/mol. The van der Waals surface area contributed by atoms with E-state index in [1.54, 1.807) is 0 Å². The van der Waals surface area contributed by atoms with E-state index in [9.17, 15) is 9.59 Å². The molecule has 0 aromatic rings. The van der Waals surface area contributed by atoms with Gasteiger partial charge in [0.1, 0.15) is 6.10 Å². The third-order valence-electron chi connectivity index (χ3n) is 1.34. The van der Waals surface area contributed by atoms with E-state index in [1.165, 1.54) is 0 Å². The van der Waals surface area contributed by atoms with Crippen molar-refractivity contribution in [3.8, 4) is 0 Å². The van der Waals surface area contributed by atoms with Crippen LogP contribution in [0.4, 0.5) is 0 Å². The van der Waals surface area contributed by atoms with Crippen LogP contribution in [0.3, 0.4) is 0 Å². The number of aliphatic hydroxyl groups is 3. The Kier molecular flexibility index (Phi) is 5.20. The standard InChI is InChI=1S/C7H13NO5/c1-4(10)8-7(13)2-5(11)6(12)3-9/h5-6,9,11-12H,2-3H2,1H3,(H,8,10,13)/t5-,6-/m1/s1. The first-order valence-electron chi connectivity index (χ1n) is 3.74. The fourth-order valence-electron chi connectivity index (χ4n) is 0.695. The number of rotatable bonds is 4. The van der Waals surface area contributed by atoms with Gasteiger partial charge >= 0.3 is 0 Å². The highest BCUT2D eigenvalue weighted by Crippen LogP contribution is 1.97. The monoisotopic (exact) mass is 191 g/mol. The van der Waals surface area contributed by atoms with E-state index in [2.05, 4.69) is 0 Å². The summed E-state index contributed by atoms with van der Waals surface area (Å²) < 4.78 is 0. The van der Waals surface area contributed by atoms with Gasteiger partial charge in [-0.15, -0.1) is 0 Å². The molecule has 0 saturated heterocycles. The molecule has 0 aliphatic rings. The van der Waals surface area contributed by atoms with Crippen LogP contribution in [0.25, 0.3) is 0 Å². The highest BCUT2D eigenvalue weighted by Gasteiger charge is 2.19. The summed E-state index contributed by atoms with van der Waals surface area (Å²) in [6.07, 6.45) is -3.14. The van der Waals surface area contributed by atoms with E-state index in [4.69, 9.17) is 15.3 Å². The Bertz CT molecular complexity index is 193. The van der Waals surface area contributed by atoms with Gasteiger partial charge in [-0.1, -0.05) is 0 Å². The Morgan fingerprint density at radius 3 is 2.23 bits per heavy atom. The molecule has 76 valence electrons. The van der Waals surface area contributed by atoms with Crippen molar-refractivity contribution in [2.75, 3.05) is 6.61 Å². The third kappa shape index (κ3) is 5.29. The van der Waals surface area contributed by atoms with E-state index in [0.717, 1.165) is 6.92 Å². The van der Waals surface area contributed by atoms with Crippen molar-refractivity contribution in [2.24, 2.45) is 0 Å². The summed E-state index contributed by atoms with van der Waals surface area (Å²) in [5.74, 6) is -1.22. The number of hydrogen-bond donors (Lipinski definition) is 4. The van der Waals surface area contributed by atoms with Crippen molar-refractivity contribution in [1.29, 1.82) is 0 Å². The Morgan fingerprint density at radius 1 is 1.31 bits per heavy atom. The molecule has 0 aromatic carbocycles. The third-order valence-corrected chi connectivity index (χ3v) is 1.34. The number of amides is 2. The molecule has 0 saturated carbocycles. The maximum absolute atomic E-state index is 10.8. The molecule has 6 nitrogen and oxygen atoms in total. The molecule has 0 unspecified atom stereocenters. The summed E-state index contributed by atoms with van der Waals surface area (Å²) in [4.78, 5) is 21.1. The van der Waals surface area contributed by atoms with Crippen LogP contribution in [0, 0.1) is 0 Å². The summed E-state index contributed by atoms with van der Waals surface area (Å²) in [6.45, 7) is 0.529.